The van der Waals surface area contributed by atoms with Gasteiger partial charge in [-0.2, -0.15) is 0 Å². The lowest BCUT2D eigenvalue weighted by Gasteiger charge is -2.25. The van der Waals surface area contributed by atoms with Gasteiger partial charge in [0.05, 0.1) is 17.1 Å². The first kappa shape index (κ1) is 11.3. The molecule has 1 atom stereocenters. The minimum absolute atomic E-state index is 0.0901. The van der Waals surface area contributed by atoms with Gasteiger partial charge < -0.3 is 15.6 Å². The number of imidazole rings is 1. The van der Waals surface area contributed by atoms with Crippen LogP contribution in [-0.4, -0.2) is 22.0 Å². The van der Waals surface area contributed by atoms with Gasteiger partial charge in [-0.1, -0.05) is 11.6 Å². The molecule has 1 fully saturated rings. The van der Waals surface area contributed by atoms with Gasteiger partial charge in [-0.15, -0.1) is 0 Å². The maximum atomic E-state index is 11.2. The van der Waals surface area contributed by atoms with Gasteiger partial charge in [0, 0.05) is 18.0 Å². The van der Waals surface area contributed by atoms with E-state index in [9.17, 15) is 4.79 Å². The summed E-state index contributed by atoms with van der Waals surface area (Å²) in [5.41, 5.74) is 7.71. The third-order valence-electron chi connectivity index (χ3n) is 3.28. The average Bonchev–Trinajstić information content (AvgIpc) is 2.66. The zero-order valence-corrected chi connectivity index (χ0v) is 10.4. The monoisotopic (exact) mass is 264 g/mol. The second-order valence-electron chi connectivity index (χ2n) is 4.47. The van der Waals surface area contributed by atoms with Crippen LogP contribution in [0.5, 0.6) is 0 Å². The molecule has 3 rings (SSSR count). The van der Waals surface area contributed by atoms with Crippen molar-refractivity contribution < 1.29 is 4.79 Å². The molecule has 1 unspecified atom stereocenters. The number of nitrogens with zero attached hydrogens (tertiary/aromatic N) is 2. The Labute approximate surface area is 109 Å². The first-order valence-electron chi connectivity index (χ1n) is 5.85. The van der Waals surface area contributed by atoms with E-state index in [1.54, 1.807) is 6.07 Å². The van der Waals surface area contributed by atoms with Crippen LogP contribution in [0.15, 0.2) is 18.2 Å². The van der Waals surface area contributed by atoms with Crippen LogP contribution in [0.4, 0.5) is 5.95 Å². The Morgan fingerprint density at radius 1 is 1.50 bits per heavy atom. The summed E-state index contributed by atoms with van der Waals surface area (Å²) in [4.78, 5) is 15.5. The normalized spacial score (nSPS) is 20.1. The van der Waals surface area contributed by atoms with Crippen LogP contribution in [0.2, 0.25) is 5.02 Å². The molecule has 0 radical (unpaired) electrons. The molecular formula is C12H13ClN4O. The van der Waals surface area contributed by atoms with Gasteiger partial charge >= 0.3 is 0 Å². The zero-order valence-electron chi connectivity index (χ0n) is 9.69. The van der Waals surface area contributed by atoms with Crippen molar-refractivity contribution in [3.05, 3.63) is 23.2 Å². The van der Waals surface area contributed by atoms with Crippen molar-refractivity contribution >= 4 is 34.5 Å². The van der Waals surface area contributed by atoms with Crippen molar-refractivity contribution in [3.8, 4) is 0 Å². The number of carbonyl (C=O) groups excluding carboxylic acids is 1. The number of halogens is 1. The van der Waals surface area contributed by atoms with Crippen LogP contribution < -0.4 is 11.1 Å². The number of nitrogen functional groups attached to an aromatic ring is 1. The zero-order chi connectivity index (χ0) is 12.7. The number of hydrogen-bond acceptors (Lipinski definition) is 3. The maximum absolute atomic E-state index is 11.2. The fraction of sp³-hybridized carbons (Fsp3) is 0.333. The van der Waals surface area contributed by atoms with E-state index in [0.29, 0.717) is 23.9 Å². The number of amides is 1. The number of fused-ring (bicyclic) bond motifs is 1. The van der Waals surface area contributed by atoms with E-state index in [2.05, 4.69) is 10.3 Å². The van der Waals surface area contributed by atoms with Gasteiger partial charge in [-0.3, -0.25) is 4.79 Å². The predicted octanol–water partition coefficient (Wildman–Crippen LogP) is 1.72. The minimum Gasteiger partial charge on any atom is -0.369 e. The number of piperidine rings is 1. The molecule has 3 N–H and O–H groups in total. The van der Waals surface area contributed by atoms with Crippen molar-refractivity contribution in [2.24, 2.45) is 0 Å². The highest BCUT2D eigenvalue weighted by molar-refractivity contribution is 6.31. The van der Waals surface area contributed by atoms with Crippen LogP contribution >= 0.6 is 11.6 Å². The summed E-state index contributed by atoms with van der Waals surface area (Å²) >= 11 is 6.01. The molecular weight excluding hydrogens is 252 g/mol. The van der Waals surface area contributed by atoms with Crippen LogP contribution in [0, 0.1) is 0 Å². The number of anilines is 1. The molecule has 1 saturated heterocycles. The maximum Gasteiger partial charge on any atom is 0.220 e. The second-order valence-corrected chi connectivity index (χ2v) is 4.91. The Kier molecular flexibility index (Phi) is 2.63. The van der Waals surface area contributed by atoms with Crippen molar-refractivity contribution in [2.45, 2.75) is 18.9 Å². The average molecular weight is 265 g/mol. The Balaban J connectivity index is 2.07. The molecule has 1 aliphatic heterocycles. The van der Waals surface area contributed by atoms with Crippen LogP contribution in [0.25, 0.3) is 11.0 Å². The van der Waals surface area contributed by atoms with E-state index in [4.69, 9.17) is 17.3 Å². The molecule has 18 heavy (non-hydrogen) atoms. The molecule has 1 aromatic heterocycles. The van der Waals surface area contributed by atoms with Gasteiger partial charge in [0.15, 0.2) is 0 Å². The molecule has 94 valence electrons. The third-order valence-corrected chi connectivity index (χ3v) is 3.52. The van der Waals surface area contributed by atoms with E-state index >= 15 is 0 Å². The largest absolute Gasteiger partial charge is 0.369 e. The predicted molar refractivity (Wildman–Crippen MR) is 70.4 cm³/mol. The van der Waals surface area contributed by atoms with Crippen molar-refractivity contribution in [2.75, 3.05) is 12.3 Å². The molecule has 1 amide bonds. The third kappa shape index (κ3) is 1.80. The standard InChI is InChI=1S/C12H13ClN4O/c13-7-1-3-9-10(5-7)17(12(14)16-9)8-2-4-11(18)15-6-8/h1,3,5,8H,2,4,6H2,(H2,14,16)(H,15,18). The molecule has 0 spiro atoms. The van der Waals surface area contributed by atoms with Gasteiger partial charge in [0.2, 0.25) is 11.9 Å². The van der Waals surface area contributed by atoms with Gasteiger partial charge in [-0.05, 0) is 24.6 Å². The molecule has 1 aromatic carbocycles. The minimum atomic E-state index is 0.0901. The Hall–Kier alpha value is -1.75. The molecule has 0 bridgehead atoms. The van der Waals surface area contributed by atoms with Crippen LogP contribution in [-0.2, 0) is 4.79 Å². The molecule has 5 nitrogen and oxygen atoms in total. The topological polar surface area (TPSA) is 72.9 Å². The number of nitrogens with one attached hydrogen (secondary N) is 1. The molecule has 6 heteroatoms. The second kappa shape index (κ2) is 4.17. The molecule has 0 saturated carbocycles. The van der Waals surface area contributed by atoms with E-state index < -0.39 is 0 Å². The summed E-state index contributed by atoms with van der Waals surface area (Å²) in [5.74, 6) is 0.556. The summed E-state index contributed by atoms with van der Waals surface area (Å²) in [6.07, 6.45) is 1.29. The van der Waals surface area contributed by atoms with Crippen LogP contribution in [0.1, 0.15) is 18.9 Å². The van der Waals surface area contributed by atoms with E-state index in [-0.39, 0.29) is 11.9 Å². The summed E-state index contributed by atoms with van der Waals surface area (Å²) in [7, 11) is 0. The highest BCUT2D eigenvalue weighted by atomic mass is 35.5. The van der Waals surface area contributed by atoms with Crippen molar-refractivity contribution in [1.29, 1.82) is 0 Å². The molecule has 0 aliphatic carbocycles. The highest BCUT2D eigenvalue weighted by Gasteiger charge is 2.23. The highest BCUT2D eigenvalue weighted by Crippen LogP contribution is 2.28. The Morgan fingerprint density at radius 3 is 3.06 bits per heavy atom. The molecule has 2 aromatic rings. The lowest BCUT2D eigenvalue weighted by atomic mass is 10.1. The fourth-order valence-corrected chi connectivity index (χ4v) is 2.58. The van der Waals surface area contributed by atoms with E-state index in [1.165, 1.54) is 0 Å². The number of rotatable bonds is 1. The Bertz CT molecular complexity index is 612. The SMILES string of the molecule is Nc1nc2ccc(Cl)cc2n1C1CCC(=O)NC1. The summed E-state index contributed by atoms with van der Waals surface area (Å²) in [5, 5.41) is 3.51. The summed E-state index contributed by atoms with van der Waals surface area (Å²) in [6.45, 7) is 0.584. The van der Waals surface area contributed by atoms with E-state index in [0.717, 1.165) is 17.5 Å². The van der Waals surface area contributed by atoms with Crippen molar-refractivity contribution in [3.63, 3.8) is 0 Å². The number of hydrogen-bond donors (Lipinski definition) is 2. The quantitative estimate of drug-likeness (QED) is 0.824. The van der Waals surface area contributed by atoms with Crippen LogP contribution in [0.3, 0.4) is 0 Å². The lowest BCUT2D eigenvalue weighted by Crippen LogP contribution is -2.36. The van der Waals surface area contributed by atoms with Gasteiger partial charge in [0.25, 0.3) is 0 Å². The first-order valence-corrected chi connectivity index (χ1v) is 6.22. The Morgan fingerprint density at radius 2 is 2.33 bits per heavy atom. The summed E-state index contributed by atoms with van der Waals surface area (Å²) < 4.78 is 1.96. The first-order chi connectivity index (χ1) is 8.65. The van der Waals surface area contributed by atoms with Gasteiger partial charge in [-0.25, -0.2) is 4.98 Å². The lowest BCUT2D eigenvalue weighted by molar-refractivity contribution is -0.122. The molecule has 1 aliphatic rings. The number of benzene rings is 1. The van der Waals surface area contributed by atoms with Crippen molar-refractivity contribution in [1.82, 2.24) is 14.9 Å². The number of carbonyl (C=O) groups is 1. The number of nitrogens with two attached hydrogens (primary N) is 1. The fourth-order valence-electron chi connectivity index (χ4n) is 2.41. The van der Waals surface area contributed by atoms with Gasteiger partial charge in [0.1, 0.15) is 0 Å². The number of aromatic nitrogens is 2. The molecule has 2 heterocycles. The smallest absolute Gasteiger partial charge is 0.220 e. The van der Waals surface area contributed by atoms with E-state index in [1.807, 2.05) is 16.7 Å². The summed E-state index contributed by atoms with van der Waals surface area (Å²) in [6, 6.07) is 5.65.